The van der Waals surface area contributed by atoms with E-state index < -0.39 is 0 Å². The number of hydrogen-bond donors (Lipinski definition) is 1. The first-order valence-electron chi connectivity index (χ1n) is 8.09. The monoisotopic (exact) mass is 303 g/mol. The Kier molecular flexibility index (Phi) is 5.32. The van der Waals surface area contributed by atoms with Crippen molar-refractivity contribution in [1.82, 2.24) is 9.80 Å². The fourth-order valence-corrected chi connectivity index (χ4v) is 4.37. The molecule has 0 aromatic carbocycles. The highest BCUT2D eigenvalue weighted by molar-refractivity contribution is 7.12. The van der Waals surface area contributed by atoms with Gasteiger partial charge in [-0.3, -0.25) is 9.80 Å². The summed E-state index contributed by atoms with van der Waals surface area (Å²) in [6.07, 6.45) is 5.72. The van der Waals surface area contributed by atoms with E-state index in [1.807, 2.05) is 11.3 Å². The molecule has 0 bridgehead atoms. The van der Waals surface area contributed by atoms with Gasteiger partial charge in [-0.1, -0.05) is 24.7 Å². The normalized spacial score (nSPS) is 21.4. The summed E-state index contributed by atoms with van der Waals surface area (Å²) in [5.41, 5.74) is 5.42. The summed E-state index contributed by atoms with van der Waals surface area (Å²) in [4.78, 5) is 7.86. The van der Waals surface area contributed by atoms with Gasteiger partial charge in [-0.25, -0.2) is 0 Å². The molecule has 2 heterocycles. The third kappa shape index (κ3) is 4.08. The molecule has 3 rings (SSSR count). The smallest absolute Gasteiger partial charge is 0.0772 e. The van der Waals surface area contributed by atoms with E-state index in [2.05, 4.69) is 33.8 Å². The van der Waals surface area contributed by atoms with Gasteiger partial charge < -0.3 is 5.73 Å². The van der Waals surface area contributed by atoms with E-state index in [1.54, 1.807) is 0 Å². The van der Waals surface area contributed by atoms with Gasteiger partial charge in [0.25, 0.3) is 0 Å². The highest BCUT2D eigenvalue weighted by Gasteiger charge is 2.26. The van der Waals surface area contributed by atoms with Gasteiger partial charge in [0.2, 0.25) is 0 Å². The lowest BCUT2D eigenvalue weighted by atomic mass is 10.2. The number of thiophene rings is 1. The molecule has 3 nitrogen and oxygen atoms in total. The van der Waals surface area contributed by atoms with Crippen molar-refractivity contribution in [2.75, 3.05) is 32.7 Å². The van der Waals surface area contributed by atoms with Crippen LogP contribution in [-0.2, 0) is 6.54 Å². The maximum atomic E-state index is 5.42. The lowest BCUT2D eigenvalue weighted by Crippen LogP contribution is -2.49. The SMILES string of the molecule is NCC#Cc1ccc(CN2CCN(C3CCCC3)CC2)s1. The standard InChI is InChI=1S/C17H25N3S/c18-9-3-6-16-7-8-17(21-16)14-19-10-12-20(13-11-19)15-4-1-2-5-15/h7-8,15H,1-2,4-5,9-14,18H2. The summed E-state index contributed by atoms with van der Waals surface area (Å²) in [5, 5.41) is 0. The molecule has 0 unspecified atom stereocenters. The maximum Gasteiger partial charge on any atom is 0.0772 e. The van der Waals surface area contributed by atoms with E-state index in [-0.39, 0.29) is 0 Å². The van der Waals surface area contributed by atoms with Crippen molar-refractivity contribution in [2.24, 2.45) is 5.73 Å². The molecule has 0 radical (unpaired) electrons. The van der Waals surface area contributed by atoms with Gasteiger partial charge in [-0.2, -0.15) is 0 Å². The van der Waals surface area contributed by atoms with Crippen LogP contribution >= 0.6 is 11.3 Å². The molecule has 0 amide bonds. The molecule has 2 aliphatic rings. The van der Waals surface area contributed by atoms with Crippen LogP contribution in [0.25, 0.3) is 0 Å². The zero-order valence-corrected chi connectivity index (χ0v) is 13.5. The Labute approximate surface area is 132 Å². The third-order valence-electron chi connectivity index (χ3n) is 4.60. The lowest BCUT2D eigenvalue weighted by molar-refractivity contribution is 0.0943. The lowest BCUT2D eigenvalue weighted by Gasteiger charge is -2.37. The van der Waals surface area contributed by atoms with Crippen molar-refractivity contribution in [1.29, 1.82) is 0 Å². The zero-order valence-electron chi connectivity index (χ0n) is 12.7. The molecule has 1 saturated carbocycles. The van der Waals surface area contributed by atoms with Crippen LogP contribution < -0.4 is 5.73 Å². The Bertz CT molecular complexity index is 500. The molecule has 114 valence electrons. The van der Waals surface area contributed by atoms with Crippen LogP contribution in [0.2, 0.25) is 0 Å². The van der Waals surface area contributed by atoms with E-state index in [0.717, 1.165) is 17.5 Å². The van der Waals surface area contributed by atoms with Crippen molar-refractivity contribution in [3.8, 4) is 11.8 Å². The molecular weight excluding hydrogens is 278 g/mol. The largest absolute Gasteiger partial charge is 0.320 e. The van der Waals surface area contributed by atoms with Gasteiger partial charge in [0, 0.05) is 43.6 Å². The molecule has 0 spiro atoms. The average Bonchev–Trinajstić information content (AvgIpc) is 3.17. The van der Waals surface area contributed by atoms with Gasteiger partial charge in [0.05, 0.1) is 11.4 Å². The molecule has 1 aliphatic heterocycles. The molecule has 21 heavy (non-hydrogen) atoms. The average molecular weight is 303 g/mol. The molecule has 2 fully saturated rings. The Morgan fingerprint density at radius 2 is 1.90 bits per heavy atom. The Hall–Kier alpha value is -0.860. The van der Waals surface area contributed by atoms with Crippen LogP contribution in [-0.4, -0.2) is 48.6 Å². The van der Waals surface area contributed by atoms with Gasteiger partial charge in [-0.15, -0.1) is 11.3 Å². The molecule has 0 atom stereocenters. The highest BCUT2D eigenvalue weighted by atomic mass is 32.1. The summed E-state index contributed by atoms with van der Waals surface area (Å²) >= 11 is 1.81. The Morgan fingerprint density at radius 3 is 2.62 bits per heavy atom. The summed E-state index contributed by atoms with van der Waals surface area (Å²) in [6, 6.07) is 5.22. The minimum atomic E-state index is 0.441. The van der Waals surface area contributed by atoms with Crippen LogP contribution in [0, 0.1) is 11.8 Å². The van der Waals surface area contributed by atoms with Crippen LogP contribution in [0.4, 0.5) is 0 Å². The van der Waals surface area contributed by atoms with E-state index >= 15 is 0 Å². The van der Waals surface area contributed by atoms with Crippen molar-refractivity contribution in [2.45, 2.75) is 38.3 Å². The second-order valence-corrected chi connectivity index (χ2v) is 7.19. The minimum absolute atomic E-state index is 0.441. The molecular formula is C17H25N3S. The van der Waals surface area contributed by atoms with Crippen molar-refractivity contribution >= 4 is 11.3 Å². The van der Waals surface area contributed by atoms with E-state index in [1.165, 1.54) is 56.7 Å². The number of piperazine rings is 1. The van der Waals surface area contributed by atoms with Crippen molar-refractivity contribution in [3.63, 3.8) is 0 Å². The van der Waals surface area contributed by atoms with Crippen LogP contribution in [0.3, 0.4) is 0 Å². The second-order valence-electron chi connectivity index (χ2n) is 6.02. The van der Waals surface area contributed by atoms with Crippen LogP contribution in [0.15, 0.2) is 12.1 Å². The molecule has 1 saturated heterocycles. The summed E-state index contributed by atoms with van der Waals surface area (Å²) in [5.74, 6) is 6.05. The maximum absolute atomic E-state index is 5.42. The number of hydrogen-bond acceptors (Lipinski definition) is 4. The quantitative estimate of drug-likeness (QED) is 0.868. The molecule has 1 aliphatic carbocycles. The Morgan fingerprint density at radius 1 is 1.14 bits per heavy atom. The van der Waals surface area contributed by atoms with Gasteiger partial charge in [-0.05, 0) is 25.0 Å². The number of rotatable bonds is 3. The fraction of sp³-hybridized carbons (Fsp3) is 0.647. The number of nitrogens with two attached hydrogens (primary N) is 1. The van der Waals surface area contributed by atoms with Crippen molar-refractivity contribution in [3.05, 3.63) is 21.9 Å². The predicted molar refractivity (Wildman–Crippen MR) is 89.4 cm³/mol. The first kappa shape index (κ1) is 15.1. The minimum Gasteiger partial charge on any atom is -0.320 e. The molecule has 2 N–H and O–H groups in total. The molecule has 4 heteroatoms. The van der Waals surface area contributed by atoms with Gasteiger partial charge >= 0.3 is 0 Å². The van der Waals surface area contributed by atoms with Gasteiger partial charge in [0.15, 0.2) is 0 Å². The summed E-state index contributed by atoms with van der Waals surface area (Å²) in [7, 11) is 0. The summed E-state index contributed by atoms with van der Waals surface area (Å²) < 4.78 is 0. The first-order chi connectivity index (χ1) is 10.3. The fourth-order valence-electron chi connectivity index (χ4n) is 3.44. The van der Waals surface area contributed by atoms with Gasteiger partial charge in [0.1, 0.15) is 0 Å². The topological polar surface area (TPSA) is 32.5 Å². The second kappa shape index (κ2) is 7.42. The molecule has 1 aromatic heterocycles. The first-order valence-corrected chi connectivity index (χ1v) is 8.91. The summed E-state index contributed by atoms with van der Waals surface area (Å²) in [6.45, 7) is 6.42. The predicted octanol–water partition coefficient (Wildman–Crippen LogP) is 2.12. The van der Waals surface area contributed by atoms with E-state index in [9.17, 15) is 0 Å². The highest BCUT2D eigenvalue weighted by Crippen LogP contribution is 2.25. The zero-order chi connectivity index (χ0) is 14.5. The van der Waals surface area contributed by atoms with Crippen LogP contribution in [0.1, 0.15) is 35.4 Å². The Balaban J connectivity index is 1.47. The number of nitrogens with zero attached hydrogens (tertiary/aromatic N) is 2. The van der Waals surface area contributed by atoms with E-state index in [0.29, 0.717) is 6.54 Å². The van der Waals surface area contributed by atoms with E-state index in [4.69, 9.17) is 5.73 Å². The van der Waals surface area contributed by atoms with Crippen LogP contribution in [0.5, 0.6) is 0 Å². The molecule has 1 aromatic rings. The third-order valence-corrected chi connectivity index (χ3v) is 5.59. The van der Waals surface area contributed by atoms with Crippen molar-refractivity contribution < 1.29 is 0 Å².